The highest BCUT2D eigenvalue weighted by atomic mass is 16.3. The number of amides is 1. The van der Waals surface area contributed by atoms with Crippen LogP contribution in [-0.2, 0) is 11.2 Å². The summed E-state index contributed by atoms with van der Waals surface area (Å²) < 4.78 is 5.53. The smallest absolute Gasteiger partial charge is 0.233 e. The van der Waals surface area contributed by atoms with E-state index in [2.05, 4.69) is 22.8 Å². The summed E-state index contributed by atoms with van der Waals surface area (Å²) in [6.07, 6.45) is 2.47. The second-order valence-corrected chi connectivity index (χ2v) is 5.83. The van der Waals surface area contributed by atoms with Crippen molar-refractivity contribution in [3.8, 4) is 0 Å². The van der Waals surface area contributed by atoms with Crippen LogP contribution in [0.4, 0.5) is 0 Å². The lowest BCUT2D eigenvalue weighted by molar-refractivity contribution is -0.120. The molecule has 1 heterocycles. The van der Waals surface area contributed by atoms with Gasteiger partial charge >= 0.3 is 0 Å². The molecule has 0 radical (unpaired) electrons. The maximum atomic E-state index is 12.1. The average Bonchev–Trinajstić information content (AvgIpc) is 3.18. The van der Waals surface area contributed by atoms with Crippen molar-refractivity contribution >= 4 is 5.91 Å². The molecule has 0 bridgehead atoms. The Balaban J connectivity index is 1.52. The summed E-state index contributed by atoms with van der Waals surface area (Å²) in [7, 11) is 0. The molecule has 1 aromatic heterocycles. The molecule has 0 aliphatic carbocycles. The van der Waals surface area contributed by atoms with E-state index in [1.807, 2.05) is 60.7 Å². The van der Waals surface area contributed by atoms with Gasteiger partial charge < -0.3 is 9.73 Å². The van der Waals surface area contributed by atoms with Crippen molar-refractivity contribution in [2.45, 2.75) is 12.5 Å². The van der Waals surface area contributed by atoms with E-state index in [-0.39, 0.29) is 18.5 Å². The molecule has 128 valence electrons. The van der Waals surface area contributed by atoms with Crippen LogP contribution in [0.2, 0.25) is 0 Å². The number of hydrogen-bond donors (Lipinski definition) is 2. The monoisotopic (exact) mass is 334 g/mol. The maximum absolute atomic E-state index is 12.1. The van der Waals surface area contributed by atoms with Gasteiger partial charge in [0.25, 0.3) is 0 Å². The lowest BCUT2D eigenvalue weighted by atomic mass is 10.0. The first kappa shape index (κ1) is 17.0. The molecule has 0 spiro atoms. The fraction of sp³-hybridized carbons (Fsp3) is 0.190. The third-order valence-corrected chi connectivity index (χ3v) is 4.01. The van der Waals surface area contributed by atoms with E-state index in [0.717, 1.165) is 17.7 Å². The first-order valence-electron chi connectivity index (χ1n) is 8.45. The van der Waals surface area contributed by atoms with Crippen LogP contribution in [0.25, 0.3) is 0 Å². The molecular weight excluding hydrogens is 312 g/mol. The quantitative estimate of drug-likeness (QED) is 0.664. The fourth-order valence-corrected chi connectivity index (χ4v) is 2.73. The van der Waals surface area contributed by atoms with Crippen LogP contribution in [0.1, 0.15) is 22.9 Å². The number of rotatable bonds is 8. The van der Waals surface area contributed by atoms with Gasteiger partial charge in [0.05, 0.1) is 18.8 Å². The maximum Gasteiger partial charge on any atom is 0.233 e. The van der Waals surface area contributed by atoms with E-state index in [1.165, 1.54) is 5.56 Å². The Morgan fingerprint density at radius 1 is 0.920 bits per heavy atom. The molecule has 4 nitrogen and oxygen atoms in total. The van der Waals surface area contributed by atoms with Crippen molar-refractivity contribution in [2.24, 2.45) is 0 Å². The normalized spacial score (nSPS) is 11.8. The summed E-state index contributed by atoms with van der Waals surface area (Å²) in [5.74, 6) is 0.770. The third-order valence-electron chi connectivity index (χ3n) is 4.01. The van der Waals surface area contributed by atoms with Crippen molar-refractivity contribution in [1.82, 2.24) is 10.6 Å². The van der Waals surface area contributed by atoms with Crippen LogP contribution in [0.5, 0.6) is 0 Å². The van der Waals surface area contributed by atoms with Gasteiger partial charge in [0.2, 0.25) is 5.91 Å². The number of carbonyl (C=O) groups is 1. The van der Waals surface area contributed by atoms with E-state index < -0.39 is 0 Å². The Labute approximate surface area is 147 Å². The van der Waals surface area contributed by atoms with Gasteiger partial charge in [0.1, 0.15) is 5.76 Å². The number of hydrogen-bond acceptors (Lipinski definition) is 3. The highest BCUT2D eigenvalue weighted by molar-refractivity contribution is 5.78. The van der Waals surface area contributed by atoms with E-state index in [1.54, 1.807) is 6.26 Å². The Kier molecular flexibility index (Phi) is 6.01. The van der Waals surface area contributed by atoms with Gasteiger partial charge in [-0.15, -0.1) is 0 Å². The van der Waals surface area contributed by atoms with Gasteiger partial charge in [-0.05, 0) is 29.7 Å². The summed E-state index contributed by atoms with van der Waals surface area (Å²) in [4.78, 5) is 12.1. The molecule has 0 aliphatic rings. The van der Waals surface area contributed by atoms with Gasteiger partial charge in [0.15, 0.2) is 0 Å². The van der Waals surface area contributed by atoms with Crippen molar-refractivity contribution in [3.63, 3.8) is 0 Å². The van der Waals surface area contributed by atoms with Crippen LogP contribution in [0.15, 0.2) is 83.5 Å². The first-order valence-corrected chi connectivity index (χ1v) is 8.45. The average molecular weight is 334 g/mol. The lowest BCUT2D eigenvalue weighted by Gasteiger charge is -2.17. The second-order valence-electron chi connectivity index (χ2n) is 5.83. The standard InChI is InChI=1S/C21H22N2O2/c24-20(22-14-13-17-8-3-1-4-9-17)16-23-21(19-12-7-15-25-19)18-10-5-2-6-11-18/h1-12,15,21,23H,13-14,16H2,(H,22,24)/t21-/m0/s1. The van der Waals surface area contributed by atoms with Gasteiger partial charge in [-0.1, -0.05) is 60.7 Å². The largest absolute Gasteiger partial charge is 0.467 e. The molecule has 2 aromatic carbocycles. The zero-order valence-corrected chi connectivity index (χ0v) is 14.0. The van der Waals surface area contributed by atoms with Crippen LogP contribution >= 0.6 is 0 Å². The molecule has 1 amide bonds. The van der Waals surface area contributed by atoms with Crippen molar-refractivity contribution in [3.05, 3.63) is 95.9 Å². The lowest BCUT2D eigenvalue weighted by Crippen LogP contribution is -2.36. The first-order chi connectivity index (χ1) is 12.3. The Morgan fingerprint density at radius 3 is 2.32 bits per heavy atom. The van der Waals surface area contributed by atoms with Gasteiger partial charge in [-0.3, -0.25) is 10.1 Å². The zero-order valence-electron chi connectivity index (χ0n) is 14.0. The third kappa shape index (κ3) is 5.06. The summed E-state index contributed by atoms with van der Waals surface area (Å²) in [6, 6.07) is 23.7. The Hall–Kier alpha value is -2.85. The zero-order chi connectivity index (χ0) is 17.3. The summed E-state index contributed by atoms with van der Waals surface area (Å²) >= 11 is 0. The number of nitrogens with one attached hydrogen (secondary N) is 2. The van der Waals surface area contributed by atoms with Crippen molar-refractivity contribution in [1.29, 1.82) is 0 Å². The SMILES string of the molecule is O=C(CN[C@@H](c1ccccc1)c1ccco1)NCCc1ccccc1. The fourth-order valence-electron chi connectivity index (χ4n) is 2.73. The van der Waals surface area contributed by atoms with Crippen LogP contribution in [0.3, 0.4) is 0 Å². The molecule has 3 aromatic rings. The number of furan rings is 1. The van der Waals surface area contributed by atoms with E-state index >= 15 is 0 Å². The van der Waals surface area contributed by atoms with Crippen LogP contribution < -0.4 is 10.6 Å². The second kappa shape index (κ2) is 8.85. The number of carbonyl (C=O) groups excluding carboxylic acids is 1. The topological polar surface area (TPSA) is 54.3 Å². The van der Waals surface area contributed by atoms with Crippen molar-refractivity contribution in [2.75, 3.05) is 13.1 Å². The molecule has 0 saturated heterocycles. The minimum atomic E-state index is -0.143. The number of benzene rings is 2. The molecule has 0 saturated carbocycles. The van der Waals surface area contributed by atoms with E-state index in [4.69, 9.17) is 4.42 Å². The van der Waals surface area contributed by atoms with Crippen molar-refractivity contribution < 1.29 is 9.21 Å². The Bertz CT molecular complexity index is 755. The molecular formula is C21H22N2O2. The molecule has 0 fully saturated rings. The van der Waals surface area contributed by atoms with Crippen LogP contribution in [-0.4, -0.2) is 19.0 Å². The predicted octanol–water partition coefficient (Wildman–Crippen LogP) is 3.32. The summed E-state index contributed by atoms with van der Waals surface area (Å²) in [5, 5.41) is 6.23. The molecule has 1 atom stereocenters. The molecule has 2 N–H and O–H groups in total. The Morgan fingerprint density at radius 2 is 1.64 bits per heavy atom. The molecule has 0 aliphatic heterocycles. The minimum absolute atomic E-state index is 0.0246. The summed E-state index contributed by atoms with van der Waals surface area (Å²) in [6.45, 7) is 0.857. The predicted molar refractivity (Wildman–Crippen MR) is 98.2 cm³/mol. The molecule has 25 heavy (non-hydrogen) atoms. The van der Waals surface area contributed by atoms with Gasteiger partial charge in [-0.25, -0.2) is 0 Å². The summed E-state index contributed by atoms with van der Waals surface area (Å²) in [5.41, 5.74) is 2.28. The minimum Gasteiger partial charge on any atom is -0.467 e. The molecule has 3 rings (SSSR count). The van der Waals surface area contributed by atoms with E-state index in [0.29, 0.717) is 6.54 Å². The highest BCUT2D eigenvalue weighted by Gasteiger charge is 2.17. The van der Waals surface area contributed by atoms with Gasteiger partial charge in [-0.2, -0.15) is 0 Å². The van der Waals surface area contributed by atoms with E-state index in [9.17, 15) is 4.79 Å². The van der Waals surface area contributed by atoms with Gasteiger partial charge in [0, 0.05) is 6.54 Å². The molecule has 0 unspecified atom stereocenters. The highest BCUT2D eigenvalue weighted by Crippen LogP contribution is 2.21. The molecule has 4 heteroatoms. The van der Waals surface area contributed by atoms with Crippen LogP contribution in [0, 0.1) is 0 Å².